The van der Waals surface area contributed by atoms with Gasteiger partial charge >= 0.3 is 0 Å². The van der Waals surface area contributed by atoms with Crippen molar-refractivity contribution in [1.29, 1.82) is 0 Å². The third kappa shape index (κ3) is 3.68. The molecule has 0 aliphatic carbocycles. The Labute approximate surface area is 116 Å². The van der Waals surface area contributed by atoms with E-state index in [0.717, 1.165) is 28.9 Å². The highest BCUT2D eigenvalue weighted by molar-refractivity contribution is 9.10. The molecule has 18 heavy (non-hydrogen) atoms. The molecule has 1 N–H and O–H groups in total. The first-order chi connectivity index (χ1) is 8.65. The Kier molecular flexibility index (Phi) is 4.55. The van der Waals surface area contributed by atoms with E-state index in [0.29, 0.717) is 5.92 Å². The third-order valence-corrected chi connectivity index (χ3v) is 3.07. The van der Waals surface area contributed by atoms with E-state index < -0.39 is 0 Å². The highest BCUT2D eigenvalue weighted by Gasteiger charge is 2.02. The summed E-state index contributed by atoms with van der Waals surface area (Å²) in [5.74, 6) is 0.664. The van der Waals surface area contributed by atoms with Crippen molar-refractivity contribution in [2.75, 3.05) is 6.54 Å². The maximum Gasteiger partial charge on any atom is 0.0766 e. The van der Waals surface area contributed by atoms with Crippen LogP contribution >= 0.6 is 15.9 Å². The van der Waals surface area contributed by atoms with Crippen LogP contribution in [0.25, 0.3) is 5.69 Å². The summed E-state index contributed by atoms with van der Waals surface area (Å²) in [5.41, 5.74) is 2.13. The molecule has 0 radical (unpaired) electrons. The van der Waals surface area contributed by atoms with Crippen molar-refractivity contribution >= 4 is 15.9 Å². The van der Waals surface area contributed by atoms with Crippen molar-refractivity contribution in [2.24, 2.45) is 5.92 Å². The van der Waals surface area contributed by atoms with Crippen molar-refractivity contribution < 1.29 is 0 Å². The minimum Gasteiger partial charge on any atom is -0.311 e. The molecule has 2 aromatic rings. The van der Waals surface area contributed by atoms with Crippen LogP contribution < -0.4 is 5.32 Å². The number of hydrogen-bond acceptors (Lipinski definition) is 2. The fraction of sp³-hybridized carbons (Fsp3) is 0.357. The predicted octanol–water partition coefficient (Wildman–Crippen LogP) is 3.38. The molecule has 96 valence electrons. The quantitative estimate of drug-likeness (QED) is 0.917. The first-order valence-electron chi connectivity index (χ1n) is 6.16. The highest BCUT2D eigenvalue weighted by atomic mass is 79.9. The number of nitrogens with one attached hydrogen (secondary N) is 1. The molecule has 0 bridgehead atoms. The van der Waals surface area contributed by atoms with Gasteiger partial charge in [-0.1, -0.05) is 35.8 Å². The maximum absolute atomic E-state index is 4.55. The molecule has 0 aliphatic heterocycles. The van der Waals surface area contributed by atoms with Crippen LogP contribution in [0.2, 0.25) is 0 Å². The zero-order valence-corrected chi connectivity index (χ0v) is 12.3. The number of halogens is 1. The van der Waals surface area contributed by atoms with Crippen molar-refractivity contribution in [1.82, 2.24) is 15.1 Å². The second kappa shape index (κ2) is 6.16. The maximum atomic E-state index is 4.55. The van der Waals surface area contributed by atoms with Gasteiger partial charge in [-0.15, -0.1) is 0 Å². The number of nitrogens with zero attached hydrogens (tertiary/aromatic N) is 2. The van der Waals surface area contributed by atoms with E-state index in [9.17, 15) is 0 Å². The predicted molar refractivity (Wildman–Crippen MR) is 77.8 cm³/mol. The van der Waals surface area contributed by atoms with E-state index in [1.165, 1.54) is 0 Å². The Morgan fingerprint density at radius 3 is 2.89 bits per heavy atom. The Balaban J connectivity index is 2.02. The fourth-order valence-corrected chi connectivity index (χ4v) is 2.09. The Morgan fingerprint density at radius 1 is 1.33 bits per heavy atom. The number of benzene rings is 1. The molecule has 0 amide bonds. The van der Waals surface area contributed by atoms with Gasteiger partial charge in [-0.05, 0) is 36.7 Å². The Hall–Kier alpha value is -1.13. The molecular weight excluding hydrogens is 290 g/mol. The standard InChI is InChI=1S/C14H18BrN3/c1-11(2)9-16-10-13-6-7-18(17-13)14-5-3-4-12(15)8-14/h3-8,11,16H,9-10H2,1-2H3. The van der Waals surface area contributed by atoms with Crippen molar-refractivity contribution in [3.8, 4) is 5.69 Å². The first kappa shape index (κ1) is 13.3. The van der Waals surface area contributed by atoms with Crippen LogP contribution in [-0.4, -0.2) is 16.3 Å². The second-order valence-electron chi connectivity index (χ2n) is 4.76. The number of aromatic nitrogens is 2. The molecule has 0 spiro atoms. The lowest BCUT2D eigenvalue weighted by molar-refractivity contribution is 0.546. The second-order valence-corrected chi connectivity index (χ2v) is 5.67. The van der Waals surface area contributed by atoms with E-state index in [2.05, 4.69) is 46.3 Å². The molecule has 0 aliphatic rings. The Morgan fingerprint density at radius 2 is 2.17 bits per heavy atom. The number of hydrogen-bond donors (Lipinski definition) is 1. The molecule has 0 unspecified atom stereocenters. The largest absolute Gasteiger partial charge is 0.311 e. The van der Waals surface area contributed by atoms with Gasteiger partial charge in [0.2, 0.25) is 0 Å². The minimum atomic E-state index is 0.664. The highest BCUT2D eigenvalue weighted by Crippen LogP contribution is 2.15. The van der Waals surface area contributed by atoms with Crippen LogP contribution in [0.5, 0.6) is 0 Å². The van der Waals surface area contributed by atoms with E-state index in [-0.39, 0.29) is 0 Å². The average Bonchev–Trinajstić information content (AvgIpc) is 2.77. The lowest BCUT2D eigenvalue weighted by Crippen LogP contribution is -2.19. The fourth-order valence-electron chi connectivity index (χ4n) is 1.71. The summed E-state index contributed by atoms with van der Waals surface area (Å²) in [5, 5.41) is 7.94. The van der Waals surface area contributed by atoms with Gasteiger partial charge in [-0.25, -0.2) is 4.68 Å². The average molecular weight is 308 g/mol. The summed E-state index contributed by atoms with van der Waals surface area (Å²) < 4.78 is 2.96. The van der Waals surface area contributed by atoms with Gasteiger partial charge in [0.05, 0.1) is 11.4 Å². The van der Waals surface area contributed by atoms with Crippen LogP contribution in [0.4, 0.5) is 0 Å². The van der Waals surface area contributed by atoms with E-state index in [1.54, 1.807) is 0 Å². The lowest BCUT2D eigenvalue weighted by Gasteiger charge is -2.05. The zero-order chi connectivity index (χ0) is 13.0. The molecule has 1 aromatic carbocycles. The molecule has 1 heterocycles. The molecule has 0 saturated carbocycles. The molecule has 3 nitrogen and oxygen atoms in total. The van der Waals surface area contributed by atoms with Crippen molar-refractivity contribution in [2.45, 2.75) is 20.4 Å². The zero-order valence-electron chi connectivity index (χ0n) is 10.7. The van der Waals surface area contributed by atoms with Gasteiger partial charge in [0.25, 0.3) is 0 Å². The van der Waals surface area contributed by atoms with Crippen LogP contribution in [0.3, 0.4) is 0 Å². The van der Waals surface area contributed by atoms with Gasteiger partial charge in [-0.2, -0.15) is 5.10 Å². The molecular formula is C14H18BrN3. The van der Waals surface area contributed by atoms with Crippen molar-refractivity contribution in [3.05, 3.63) is 46.7 Å². The first-order valence-corrected chi connectivity index (χ1v) is 6.95. The topological polar surface area (TPSA) is 29.9 Å². The van der Waals surface area contributed by atoms with Crippen LogP contribution in [0, 0.1) is 5.92 Å². The molecule has 0 saturated heterocycles. The van der Waals surface area contributed by atoms with Gasteiger partial charge < -0.3 is 5.32 Å². The normalized spacial score (nSPS) is 11.1. The summed E-state index contributed by atoms with van der Waals surface area (Å²) in [6.07, 6.45) is 1.99. The summed E-state index contributed by atoms with van der Waals surface area (Å²) >= 11 is 3.47. The van der Waals surface area contributed by atoms with Gasteiger partial charge in [0, 0.05) is 17.2 Å². The van der Waals surface area contributed by atoms with Crippen LogP contribution in [-0.2, 0) is 6.54 Å². The van der Waals surface area contributed by atoms with Crippen LogP contribution in [0.1, 0.15) is 19.5 Å². The third-order valence-electron chi connectivity index (χ3n) is 2.58. The van der Waals surface area contributed by atoms with Gasteiger partial charge in [0.15, 0.2) is 0 Å². The molecule has 4 heteroatoms. The molecule has 0 atom stereocenters. The molecule has 2 rings (SSSR count). The van der Waals surface area contributed by atoms with Crippen molar-refractivity contribution in [3.63, 3.8) is 0 Å². The lowest BCUT2D eigenvalue weighted by atomic mass is 10.2. The Bertz CT molecular complexity index is 505. The van der Waals surface area contributed by atoms with Gasteiger partial charge in [-0.3, -0.25) is 0 Å². The van der Waals surface area contributed by atoms with E-state index in [1.807, 2.05) is 35.1 Å². The SMILES string of the molecule is CC(C)CNCc1ccn(-c2cccc(Br)c2)n1. The van der Waals surface area contributed by atoms with Crippen LogP contribution in [0.15, 0.2) is 41.0 Å². The summed E-state index contributed by atoms with van der Waals surface area (Å²) in [6, 6.07) is 10.2. The van der Waals surface area contributed by atoms with Gasteiger partial charge in [0.1, 0.15) is 0 Å². The number of rotatable bonds is 5. The summed E-state index contributed by atoms with van der Waals surface area (Å²) in [4.78, 5) is 0. The molecule has 1 aromatic heterocycles. The smallest absolute Gasteiger partial charge is 0.0766 e. The monoisotopic (exact) mass is 307 g/mol. The van der Waals surface area contributed by atoms with E-state index >= 15 is 0 Å². The molecule has 0 fully saturated rings. The minimum absolute atomic E-state index is 0.664. The summed E-state index contributed by atoms with van der Waals surface area (Å²) in [6.45, 7) is 6.24. The summed E-state index contributed by atoms with van der Waals surface area (Å²) in [7, 11) is 0. The van der Waals surface area contributed by atoms with E-state index in [4.69, 9.17) is 0 Å².